The van der Waals surface area contributed by atoms with E-state index in [1.807, 2.05) is 0 Å². The van der Waals surface area contributed by atoms with Gasteiger partial charge in [-0.25, -0.2) is 0 Å². The Morgan fingerprint density at radius 2 is 2.19 bits per heavy atom. The fourth-order valence-corrected chi connectivity index (χ4v) is 1.74. The molecule has 1 amide bonds. The maximum atomic E-state index is 11.8. The van der Waals surface area contributed by atoms with E-state index in [0.717, 1.165) is 6.42 Å². The van der Waals surface area contributed by atoms with Crippen LogP contribution in [0.3, 0.4) is 0 Å². The number of rotatable bonds is 5. The molecule has 16 heavy (non-hydrogen) atoms. The van der Waals surface area contributed by atoms with E-state index < -0.39 is 5.54 Å². The number of nitrogens with two attached hydrogens (primary N) is 1. The minimum atomic E-state index is -0.761. The topological polar surface area (TPSA) is 84.6 Å². The van der Waals surface area contributed by atoms with Gasteiger partial charge in [-0.15, -0.1) is 0 Å². The molecule has 1 saturated heterocycles. The second kappa shape index (κ2) is 6.18. The van der Waals surface area contributed by atoms with E-state index in [9.17, 15) is 4.79 Å². The lowest BCUT2D eigenvalue weighted by Gasteiger charge is -2.31. The molecule has 1 heterocycles. The monoisotopic (exact) mass is 230 g/mol. The van der Waals surface area contributed by atoms with Gasteiger partial charge in [-0.3, -0.25) is 4.79 Å². The van der Waals surface area contributed by atoms with Crippen molar-refractivity contribution in [1.82, 2.24) is 5.32 Å². The van der Waals surface area contributed by atoms with Gasteiger partial charge in [-0.05, 0) is 32.6 Å². The standard InChI is InChI=1S/C11H22N2O3/c1-9(14)3-2-6-13-10(15)11(12)4-7-16-8-5-11/h9,14H,2-8,12H2,1H3,(H,13,15). The summed E-state index contributed by atoms with van der Waals surface area (Å²) in [6, 6.07) is 0. The lowest BCUT2D eigenvalue weighted by molar-refractivity contribution is -0.129. The van der Waals surface area contributed by atoms with Crippen molar-refractivity contribution in [2.45, 2.75) is 44.2 Å². The summed E-state index contributed by atoms with van der Waals surface area (Å²) in [6.07, 6.45) is 2.31. The highest BCUT2D eigenvalue weighted by Gasteiger charge is 2.35. The Balaban J connectivity index is 2.23. The lowest BCUT2D eigenvalue weighted by atomic mass is 9.90. The van der Waals surface area contributed by atoms with Gasteiger partial charge < -0.3 is 20.9 Å². The van der Waals surface area contributed by atoms with E-state index in [1.165, 1.54) is 0 Å². The average Bonchev–Trinajstić information content (AvgIpc) is 2.25. The third kappa shape index (κ3) is 4.08. The van der Waals surface area contributed by atoms with Crippen LogP contribution in [0.2, 0.25) is 0 Å². The van der Waals surface area contributed by atoms with E-state index in [4.69, 9.17) is 15.6 Å². The van der Waals surface area contributed by atoms with Gasteiger partial charge in [0.25, 0.3) is 0 Å². The second-order valence-electron chi connectivity index (χ2n) is 4.52. The smallest absolute Gasteiger partial charge is 0.240 e. The maximum Gasteiger partial charge on any atom is 0.240 e. The van der Waals surface area contributed by atoms with E-state index in [0.29, 0.717) is 39.0 Å². The predicted molar refractivity (Wildman–Crippen MR) is 60.9 cm³/mol. The number of carbonyl (C=O) groups excluding carboxylic acids is 1. The molecule has 5 nitrogen and oxygen atoms in total. The molecule has 0 aromatic rings. The van der Waals surface area contributed by atoms with Crippen LogP contribution in [0.15, 0.2) is 0 Å². The van der Waals surface area contributed by atoms with Crippen molar-refractivity contribution >= 4 is 5.91 Å². The summed E-state index contributed by atoms with van der Waals surface area (Å²) in [7, 11) is 0. The quantitative estimate of drug-likeness (QED) is 0.570. The van der Waals surface area contributed by atoms with Crippen LogP contribution in [0, 0.1) is 0 Å². The van der Waals surface area contributed by atoms with Crippen LogP contribution in [-0.4, -0.2) is 42.4 Å². The Morgan fingerprint density at radius 1 is 1.56 bits per heavy atom. The van der Waals surface area contributed by atoms with Crippen molar-refractivity contribution in [3.8, 4) is 0 Å². The number of ether oxygens (including phenoxy) is 1. The van der Waals surface area contributed by atoms with Crippen LogP contribution in [0.1, 0.15) is 32.6 Å². The minimum Gasteiger partial charge on any atom is -0.393 e. The molecule has 0 bridgehead atoms. The summed E-state index contributed by atoms with van der Waals surface area (Å²) in [5.41, 5.74) is 5.24. The molecule has 1 atom stereocenters. The van der Waals surface area contributed by atoms with E-state index in [-0.39, 0.29) is 12.0 Å². The molecule has 94 valence electrons. The average molecular weight is 230 g/mol. The van der Waals surface area contributed by atoms with Crippen molar-refractivity contribution in [2.24, 2.45) is 5.73 Å². The van der Waals surface area contributed by atoms with Crippen LogP contribution in [0.5, 0.6) is 0 Å². The summed E-state index contributed by atoms with van der Waals surface area (Å²) >= 11 is 0. The highest BCUT2D eigenvalue weighted by molar-refractivity contribution is 5.86. The molecule has 4 N–H and O–H groups in total. The molecule has 5 heteroatoms. The summed E-state index contributed by atoms with van der Waals surface area (Å²) in [5, 5.41) is 11.9. The number of aliphatic hydroxyl groups excluding tert-OH is 1. The van der Waals surface area contributed by atoms with Gasteiger partial charge in [-0.1, -0.05) is 0 Å². The first-order valence-corrected chi connectivity index (χ1v) is 5.87. The van der Waals surface area contributed by atoms with Crippen molar-refractivity contribution in [1.29, 1.82) is 0 Å². The van der Waals surface area contributed by atoms with Crippen molar-refractivity contribution in [2.75, 3.05) is 19.8 Å². The highest BCUT2D eigenvalue weighted by atomic mass is 16.5. The van der Waals surface area contributed by atoms with Crippen LogP contribution in [0.4, 0.5) is 0 Å². The summed E-state index contributed by atoms with van der Waals surface area (Å²) in [6.45, 7) is 3.42. The van der Waals surface area contributed by atoms with Crippen LogP contribution in [-0.2, 0) is 9.53 Å². The minimum absolute atomic E-state index is 0.0959. The third-order valence-electron chi connectivity index (χ3n) is 2.92. The van der Waals surface area contributed by atoms with Gasteiger partial charge in [0.05, 0.1) is 11.6 Å². The highest BCUT2D eigenvalue weighted by Crippen LogP contribution is 2.17. The van der Waals surface area contributed by atoms with Gasteiger partial charge in [0.15, 0.2) is 0 Å². The largest absolute Gasteiger partial charge is 0.393 e. The zero-order valence-electron chi connectivity index (χ0n) is 9.87. The molecule has 1 unspecified atom stereocenters. The third-order valence-corrected chi connectivity index (χ3v) is 2.92. The molecule has 0 saturated carbocycles. The van der Waals surface area contributed by atoms with E-state index >= 15 is 0 Å². The van der Waals surface area contributed by atoms with Crippen molar-refractivity contribution in [3.63, 3.8) is 0 Å². The van der Waals surface area contributed by atoms with Gasteiger partial charge >= 0.3 is 0 Å². The molecular weight excluding hydrogens is 208 g/mol. The van der Waals surface area contributed by atoms with E-state index in [2.05, 4.69) is 5.32 Å². The van der Waals surface area contributed by atoms with Gasteiger partial charge in [-0.2, -0.15) is 0 Å². The van der Waals surface area contributed by atoms with Crippen molar-refractivity contribution in [3.05, 3.63) is 0 Å². The zero-order valence-corrected chi connectivity index (χ0v) is 9.87. The first-order valence-electron chi connectivity index (χ1n) is 5.87. The SMILES string of the molecule is CC(O)CCCNC(=O)C1(N)CCOCC1. The molecule has 0 radical (unpaired) electrons. The predicted octanol–water partition coefficient (Wildman–Crippen LogP) is -0.228. The first-order chi connectivity index (χ1) is 7.54. The fourth-order valence-electron chi connectivity index (χ4n) is 1.74. The molecule has 0 aromatic heterocycles. The summed E-state index contributed by atoms with van der Waals surface area (Å²) in [4.78, 5) is 11.8. The molecule has 0 spiro atoms. The molecular formula is C11H22N2O3. The normalized spacial score (nSPS) is 21.4. The first kappa shape index (κ1) is 13.4. The number of hydrogen-bond acceptors (Lipinski definition) is 4. The molecule has 1 aliphatic heterocycles. The van der Waals surface area contributed by atoms with Crippen LogP contribution >= 0.6 is 0 Å². The Morgan fingerprint density at radius 3 is 2.75 bits per heavy atom. The Labute approximate surface area is 96.3 Å². The lowest BCUT2D eigenvalue weighted by Crippen LogP contribution is -2.57. The Kier molecular flexibility index (Phi) is 5.18. The van der Waals surface area contributed by atoms with Crippen LogP contribution in [0.25, 0.3) is 0 Å². The summed E-state index contributed by atoms with van der Waals surface area (Å²) < 4.78 is 5.18. The van der Waals surface area contributed by atoms with Gasteiger partial charge in [0, 0.05) is 19.8 Å². The summed E-state index contributed by atoms with van der Waals surface area (Å²) in [5.74, 6) is -0.0959. The molecule has 0 aliphatic carbocycles. The fraction of sp³-hybridized carbons (Fsp3) is 0.909. The Bertz CT molecular complexity index is 225. The Hall–Kier alpha value is -0.650. The number of amides is 1. The number of nitrogens with one attached hydrogen (secondary N) is 1. The molecule has 1 aliphatic rings. The van der Waals surface area contributed by atoms with Gasteiger partial charge in [0.1, 0.15) is 0 Å². The van der Waals surface area contributed by atoms with Crippen molar-refractivity contribution < 1.29 is 14.6 Å². The van der Waals surface area contributed by atoms with E-state index in [1.54, 1.807) is 6.92 Å². The molecule has 1 fully saturated rings. The van der Waals surface area contributed by atoms with Crippen LogP contribution < -0.4 is 11.1 Å². The molecule has 1 rings (SSSR count). The number of aliphatic hydroxyl groups is 1. The molecule has 0 aromatic carbocycles. The zero-order chi connectivity index (χ0) is 12.0. The second-order valence-corrected chi connectivity index (χ2v) is 4.52. The number of carbonyl (C=O) groups is 1. The maximum absolute atomic E-state index is 11.8. The van der Waals surface area contributed by atoms with Gasteiger partial charge in [0.2, 0.25) is 5.91 Å². The number of hydrogen-bond donors (Lipinski definition) is 3.